The van der Waals surface area contributed by atoms with Crippen LogP contribution >= 0.6 is 0 Å². The van der Waals surface area contributed by atoms with Gasteiger partial charge in [0, 0.05) is 18.7 Å². The van der Waals surface area contributed by atoms with Gasteiger partial charge in [-0.05, 0) is 13.8 Å². The molecule has 12 heavy (non-hydrogen) atoms. The Morgan fingerprint density at radius 1 is 1.42 bits per heavy atom. The van der Waals surface area contributed by atoms with E-state index >= 15 is 0 Å². The van der Waals surface area contributed by atoms with Crippen LogP contribution in [0.5, 0.6) is 5.88 Å². The minimum absolute atomic E-state index is 0.313. The van der Waals surface area contributed by atoms with Crippen molar-refractivity contribution >= 4 is 5.97 Å². The number of rotatable bonds is 1. The zero-order chi connectivity index (χ0) is 9.14. The Labute approximate surface area is 70.6 Å². The van der Waals surface area contributed by atoms with Gasteiger partial charge in [0.1, 0.15) is 5.82 Å². The first kappa shape index (κ1) is 8.64. The topological polar surface area (TPSA) is 52.1 Å². The molecule has 0 aliphatic heterocycles. The average Bonchev–Trinajstić information content (AvgIpc) is 1.81. The van der Waals surface area contributed by atoms with Gasteiger partial charge in [0.15, 0.2) is 0 Å². The molecule has 1 rings (SSSR count). The summed E-state index contributed by atoms with van der Waals surface area (Å²) < 4.78 is 4.79. The van der Waals surface area contributed by atoms with E-state index in [4.69, 9.17) is 4.74 Å². The van der Waals surface area contributed by atoms with Crippen LogP contribution in [0.15, 0.2) is 6.07 Å². The van der Waals surface area contributed by atoms with Crippen LogP contribution in [0.1, 0.15) is 18.4 Å². The van der Waals surface area contributed by atoms with E-state index in [0.717, 1.165) is 5.69 Å². The Balaban J connectivity index is 2.93. The average molecular weight is 166 g/mol. The lowest BCUT2D eigenvalue weighted by Gasteiger charge is -2.01. The smallest absolute Gasteiger partial charge is 0.309 e. The molecule has 1 aromatic heterocycles. The summed E-state index contributed by atoms with van der Waals surface area (Å²) in [6.07, 6.45) is 0. The molecular formula is C8H10N2O2. The van der Waals surface area contributed by atoms with Gasteiger partial charge in [-0.1, -0.05) is 0 Å². The van der Waals surface area contributed by atoms with Crippen molar-refractivity contribution < 1.29 is 9.53 Å². The first-order chi connectivity index (χ1) is 5.58. The largest absolute Gasteiger partial charge is 0.408 e. The lowest BCUT2D eigenvalue weighted by Crippen LogP contribution is -2.04. The summed E-state index contributed by atoms with van der Waals surface area (Å²) in [6, 6.07) is 1.62. The molecule has 0 aliphatic carbocycles. The fourth-order valence-corrected chi connectivity index (χ4v) is 0.882. The van der Waals surface area contributed by atoms with E-state index in [9.17, 15) is 4.79 Å². The van der Waals surface area contributed by atoms with Crippen LogP contribution in [0, 0.1) is 13.8 Å². The van der Waals surface area contributed by atoms with Crippen molar-refractivity contribution in [1.82, 2.24) is 9.97 Å². The van der Waals surface area contributed by atoms with Gasteiger partial charge in [-0.15, -0.1) is 0 Å². The van der Waals surface area contributed by atoms with Crippen molar-refractivity contribution in [3.63, 3.8) is 0 Å². The van der Waals surface area contributed by atoms with Crippen molar-refractivity contribution in [3.05, 3.63) is 17.6 Å². The number of aryl methyl sites for hydroxylation is 2. The molecule has 0 saturated heterocycles. The molecule has 0 radical (unpaired) electrons. The first-order valence-electron chi connectivity index (χ1n) is 3.58. The first-order valence-corrected chi connectivity index (χ1v) is 3.58. The monoisotopic (exact) mass is 166 g/mol. The van der Waals surface area contributed by atoms with Crippen molar-refractivity contribution in [2.75, 3.05) is 0 Å². The number of hydrogen-bond acceptors (Lipinski definition) is 4. The Morgan fingerprint density at radius 3 is 2.58 bits per heavy atom. The Morgan fingerprint density at radius 2 is 2.08 bits per heavy atom. The van der Waals surface area contributed by atoms with Crippen LogP contribution < -0.4 is 4.74 Å². The quantitative estimate of drug-likeness (QED) is 0.584. The summed E-state index contributed by atoms with van der Waals surface area (Å²) in [5.41, 5.74) is 0.791. The highest BCUT2D eigenvalue weighted by Crippen LogP contribution is 2.07. The van der Waals surface area contributed by atoms with Crippen LogP contribution in [0.3, 0.4) is 0 Å². The molecule has 1 aromatic rings. The number of esters is 1. The lowest BCUT2D eigenvalue weighted by molar-refractivity contribution is -0.132. The van der Waals surface area contributed by atoms with E-state index in [1.807, 2.05) is 6.92 Å². The van der Waals surface area contributed by atoms with E-state index in [1.54, 1.807) is 13.0 Å². The highest BCUT2D eigenvalue weighted by Gasteiger charge is 2.01. The zero-order valence-corrected chi connectivity index (χ0v) is 7.29. The maximum Gasteiger partial charge on any atom is 0.309 e. The van der Waals surface area contributed by atoms with E-state index in [0.29, 0.717) is 11.7 Å². The highest BCUT2D eigenvalue weighted by atomic mass is 16.5. The summed E-state index contributed by atoms with van der Waals surface area (Å²) in [7, 11) is 0. The third kappa shape index (κ3) is 2.30. The zero-order valence-electron chi connectivity index (χ0n) is 7.29. The lowest BCUT2D eigenvalue weighted by atomic mass is 10.4. The fraction of sp³-hybridized carbons (Fsp3) is 0.375. The van der Waals surface area contributed by atoms with Gasteiger partial charge >= 0.3 is 5.97 Å². The van der Waals surface area contributed by atoms with Crippen LogP contribution in [0.2, 0.25) is 0 Å². The predicted molar refractivity (Wildman–Crippen MR) is 42.8 cm³/mol. The summed E-state index contributed by atoms with van der Waals surface area (Å²) in [6.45, 7) is 4.91. The van der Waals surface area contributed by atoms with Gasteiger partial charge in [0.2, 0.25) is 5.88 Å². The summed E-state index contributed by atoms with van der Waals surface area (Å²) in [5, 5.41) is 0. The van der Waals surface area contributed by atoms with Gasteiger partial charge in [-0.3, -0.25) is 4.79 Å². The fourth-order valence-electron chi connectivity index (χ4n) is 0.882. The third-order valence-corrected chi connectivity index (χ3v) is 1.19. The molecule has 0 aliphatic rings. The number of ether oxygens (including phenoxy) is 1. The van der Waals surface area contributed by atoms with E-state index < -0.39 is 0 Å². The SMILES string of the molecule is CC(=O)Oc1cc(C)nc(C)n1. The summed E-state index contributed by atoms with van der Waals surface area (Å²) >= 11 is 0. The van der Waals surface area contributed by atoms with E-state index in [2.05, 4.69) is 9.97 Å². The molecule has 4 nitrogen and oxygen atoms in total. The van der Waals surface area contributed by atoms with Gasteiger partial charge in [0.05, 0.1) is 0 Å². The minimum atomic E-state index is -0.368. The standard InChI is InChI=1S/C8H10N2O2/c1-5-4-8(12-7(3)11)10-6(2)9-5/h4H,1-3H3. The molecule has 4 heteroatoms. The molecule has 0 atom stereocenters. The van der Waals surface area contributed by atoms with Crippen molar-refractivity contribution in [1.29, 1.82) is 0 Å². The number of carbonyl (C=O) groups is 1. The van der Waals surface area contributed by atoms with Crippen molar-refractivity contribution in [2.24, 2.45) is 0 Å². The second-order valence-corrected chi connectivity index (χ2v) is 2.49. The predicted octanol–water partition coefficient (Wildman–Crippen LogP) is 1.02. The number of aromatic nitrogens is 2. The van der Waals surface area contributed by atoms with E-state index in [1.165, 1.54) is 6.92 Å². The molecule has 0 amide bonds. The molecule has 1 heterocycles. The van der Waals surface area contributed by atoms with Gasteiger partial charge in [0.25, 0.3) is 0 Å². The normalized spacial score (nSPS) is 9.58. The molecular weight excluding hydrogens is 156 g/mol. The van der Waals surface area contributed by atoms with Crippen LogP contribution in [-0.4, -0.2) is 15.9 Å². The van der Waals surface area contributed by atoms with Crippen LogP contribution in [0.4, 0.5) is 0 Å². The number of hydrogen-bond donors (Lipinski definition) is 0. The molecule has 0 bridgehead atoms. The van der Waals surface area contributed by atoms with Crippen LogP contribution in [-0.2, 0) is 4.79 Å². The van der Waals surface area contributed by atoms with Gasteiger partial charge in [-0.2, -0.15) is 4.98 Å². The third-order valence-electron chi connectivity index (χ3n) is 1.19. The second kappa shape index (κ2) is 3.30. The summed E-state index contributed by atoms with van der Waals surface area (Å²) in [5.74, 6) is 0.547. The molecule has 0 spiro atoms. The molecule has 0 aromatic carbocycles. The maximum absolute atomic E-state index is 10.6. The van der Waals surface area contributed by atoms with Crippen LogP contribution in [0.25, 0.3) is 0 Å². The van der Waals surface area contributed by atoms with Gasteiger partial charge < -0.3 is 4.74 Å². The van der Waals surface area contributed by atoms with E-state index in [-0.39, 0.29) is 5.97 Å². The molecule has 0 saturated carbocycles. The van der Waals surface area contributed by atoms with Crippen molar-refractivity contribution in [3.8, 4) is 5.88 Å². The molecule has 0 unspecified atom stereocenters. The molecule has 0 N–H and O–H groups in total. The maximum atomic E-state index is 10.6. The molecule has 64 valence electrons. The second-order valence-electron chi connectivity index (χ2n) is 2.49. The van der Waals surface area contributed by atoms with Crippen molar-refractivity contribution in [2.45, 2.75) is 20.8 Å². The summed E-state index contributed by atoms with van der Waals surface area (Å²) in [4.78, 5) is 18.5. The Kier molecular flexibility index (Phi) is 2.38. The highest BCUT2D eigenvalue weighted by molar-refractivity contribution is 5.68. The Bertz CT molecular complexity index is 290. The molecule has 0 fully saturated rings. The number of carbonyl (C=O) groups excluding carboxylic acids is 1. The van der Waals surface area contributed by atoms with Gasteiger partial charge in [-0.25, -0.2) is 4.98 Å². The Hall–Kier alpha value is -1.45. The minimum Gasteiger partial charge on any atom is -0.408 e. The number of nitrogens with zero attached hydrogens (tertiary/aromatic N) is 2.